The Morgan fingerprint density at radius 2 is 1.30 bits per heavy atom. The third-order valence-corrected chi connectivity index (χ3v) is 3.22. The molecule has 3 nitrogen and oxygen atoms in total. The van der Waals surface area contributed by atoms with Crippen LogP contribution in [0.25, 0.3) is 0 Å². The summed E-state index contributed by atoms with van der Waals surface area (Å²) in [7, 11) is 0. The van der Waals surface area contributed by atoms with Gasteiger partial charge in [-0.2, -0.15) is 0 Å². The van der Waals surface area contributed by atoms with E-state index in [4.69, 9.17) is 4.74 Å². The molecule has 2 rings (SSSR count). The molecule has 0 aliphatic rings. The van der Waals surface area contributed by atoms with Crippen LogP contribution in [-0.4, -0.2) is 18.1 Å². The lowest BCUT2D eigenvalue weighted by Gasteiger charge is -2.23. The van der Waals surface area contributed by atoms with Gasteiger partial charge in [0.25, 0.3) is 6.02 Å². The van der Waals surface area contributed by atoms with Crippen LogP contribution in [-0.2, 0) is 4.74 Å². The number of nitrogens with one attached hydrogen (secondary N) is 1. The highest BCUT2D eigenvalue weighted by molar-refractivity contribution is 5.74. The molecule has 3 heteroatoms. The molecule has 0 heterocycles. The topological polar surface area (TPSA) is 33.6 Å². The van der Waals surface area contributed by atoms with Gasteiger partial charge in [-0.25, -0.2) is 4.99 Å². The Labute approximate surface area is 139 Å². The van der Waals surface area contributed by atoms with Gasteiger partial charge >= 0.3 is 0 Å². The fraction of sp³-hybridized carbons (Fsp3) is 0.350. The Hall–Kier alpha value is -2.29. The third kappa shape index (κ3) is 5.44. The third-order valence-electron chi connectivity index (χ3n) is 3.22. The molecule has 0 atom stereocenters. The zero-order valence-corrected chi connectivity index (χ0v) is 14.4. The predicted molar refractivity (Wildman–Crippen MR) is 96.7 cm³/mol. The van der Waals surface area contributed by atoms with Crippen LogP contribution < -0.4 is 5.32 Å². The molecule has 0 aliphatic carbocycles. The van der Waals surface area contributed by atoms with Gasteiger partial charge in [0, 0.05) is 12.1 Å². The number of benzene rings is 2. The van der Waals surface area contributed by atoms with E-state index >= 15 is 0 Å². The standard InChI is InChI=1S/C20H26N2O/c1-15(2)21-20(22-16(3)4)23-19(17-11-7-5-8-12-17)18-13-9-6-10-14-18/h5-16,19H,1-4H3,(H,21,22). The average Bonchev–Trinajstić information content (AvgIpc) is 2.53. The van der Waals surface area contributed by atoms with Gasteiger partial charge in [0.05, 0.1) is 0 Å². The Morgan fingerprint density at radius 1 is 0.826 bits per heavy atom. The highest BCUT2D eigenvalue weighted by Crippen LogP contribution is 2.26. The molecule has 2 aromatic carbocycles. The van der Waals surface area contributed by atoms with Gasteiger partial charge < -0.3 is 10.1 Å². The van der Waals surface area contributed by atoms with Crippen molar-refractivity contribution < 1.29 is 4.74 Å². The second-order valence-electron chi connectivity index (χ2n) is 6.15. The van der Waals surface area contributed by atoms with Crippen LogP contribution in [0.5, 0.6) is 0 Å². The van der Waals surface area contributed by atoms with Gasteiger partial charge in [-0.1, -0.05) is 60.7 Å². The van der Waals surface area contributed by atoms with Crippen LogP contribution in [0.15, 0.2) is 65.7 Å². The molecule has 122 valence electrons. The molecule has 0 saturated heterocycles. The maximum Gasteiger partial charge on any atom is 0.286 e. The van der Waals surface area contributed by atoms with E-state index < -0.39 is 0 Å². The SMILES string of the molecule is CC(C)N=C(NC(C)C)OC(c1ccccc1)c1ccccc1. The van der Waals surface area contributed by atoms with E-state index in [1.54, 1.807) is 0 Å². The van der Waals surface area contributed by atoms with E-state index in [0.717, 1.165) is 11.1 Å². The molecule has 0 fully saturated rings. The lowest BCUT2D eigenvalue weighted by atomic mass is 10.0. The molecule has 0 amide bonds. The van der Waals surface area contributed by atoms with E-state index in [0.29, 0.717) is 6.02 Å². The van der Waals surface area contributed by atoms with E-state index in [2.05, 4.69) is 48.4 Å². The first-order chi connectivity index (χ1) is 11.1. The first-order valence-electron chi connectivity index (χ1n) is 8.17. The van der Waals surface area contributed by atoms with Crippen molar-refractivity contribution >= 4 is 6.02 Å². The summed E-state index contributed by atoms with van der Waals surface area (Å²) in [5, 5.41) is 3.31. The van der Waals surface area contributed by atoms with Crippen LogP contribution in [0.3, 0.4) is 0 Å². The molecule has 0 spiro atoms. The molecule has 0 aromatic heterocycles. The second kappa shape index (κ2) is 8.37. The highest BCUT2D eigenvalue weighted by Gasteiger charge is 2.18. The zero-order chi connectivity index (χ0) is 16.7. The van der Waals surface area contributed by atoms with Crippen molar-refractivity contribution in [3.8, 4) is 0 Å². The first-order valence-corrected chi connectivity index (χ1v) is 8.17. The van der Waals surface area contributed by atoms with Crippen LogP contribution in [0.1, 0.15) is 44.9 Å². The van der Waals surface area contributed by atoms with Crippen molar-refractivity contribution in [3.63, 3.8) is 0 Å². The molecular weight excluding hydrogens is 284 g/mol. The van der Waals surface area contributed by atoms with Crippen LogP contribution in [0, 0.1) is 0 Å². The van der Waals surface area contributed by atoms with Crippen molar-refractivity contribution in [1.29, 1.82) is 0 Å². The summed E-state index contributed by atoms with van der Waals surface area (Å²) in [4.78, 5) is 4.59. The summed E-state index contributed by atoms with van der Waals surface area (Å²) >= 11 is 0. The molecule has 0 bridgehead atoms. The molecule has 2 aromatic rings. The summed E-state index contributed by atoms with van der Waals surface area (Å²) < 4.78 is 6.28. The summed E-state index contributed by atoms with van der Waals surface area (Å²) in [5.74, 6) is 0. The average molecular weight is 310 g/mol. The summed E-state index contributed by atoms with van der Waals surface area (Å²) in [6.45, 7) is 8.26. The highest BCUT2D eigenvalue weighted by atomic mass is 16.5. The van der Waals surface area contributed by atoms with Crippen molar-refractivity contribution in [3.05, 3.63) is 71.8 Å². The van der Waals surface area contributed by atoms with Gasteiger partial charge in [0.15, 0.2) is 6.10 Å². The minimum Gasteiger partial charge on any atom is -0.452 e. The van der Waals surface area contributed by atoms with Gasteiger partial charge in [0.1, 0.15) is 0 Å². The van der Waals surface area contributed by atoms with E-state index in [1.165, 1.54) is 0 Å². The molecule has 0 radical (unpaired) electrons. The molecule has 0 saturated carbocycles. The summed E-state index contributed by atoms with van der Waals surface area (Å²) in [6.07, 6.45) is -0.179. The predicted octanol–water partition coefficient (Wildman–Crippen LogP) is 4.56. The molecule has 0 aliphatic heterocycles. The maximum atomic E-state index is 6.28. The Bertz CT molecular complexity index is 567. The summed E-state index contributed by atoms with van der Waals surface area (Å²) in [6, 6.07) is 21.5. The fourth-order valence-corrected chi connectivity index (χ4v) is 2.28. The van der Waals surface area contributed by atoms with Crippen molar-refractivity contribution in [2.45, 2.75) is 45.9 Å². The van der Waals surface area contributed by atoms with Gasteiger partial charge in [-0.3, -0.25) is 0 Å². The lowest BCUT2D eigenvalue weighted by Crippen LogP contribution is -2.34. The van der Waals surface area contributed by atoms with Crippen molar-refractivity contribution in [2.75, 3.05) is 0 Å². The van der Waals surface area contributed by atoms with Gasteiger partial charge in [-0.05, 0) is 38.8 Å². The van der Waals surface area contributed by atoms with E-state index in [9.17, 15) is 0 Å². The van der Waals surface area contributed by atoms with E-state index in [1.807, 2.05) is 50.2 Å². The number of aliphatic imine (C=N–C) groups is 1. The molecular formula is C20H26N2O. The largest absolute Gasteiger partial charge is 0.452 e. The second-order valence-corrected chi connectivity index (χ2v) is 6.15. The smallest absolute Gasteiger partial charge is 0.286 e. The number of nitrogens with zero attached hydrogens (tertiary/aromatic N) is 1. The molecule has 23 heavy (non-hydrogen) atoms. The molecule has 0 unspecified atom stereocenters. The number of rotatable bonds is 5. The minimum atomic E-state index is -0.179. The Morgan fingerprint density at radius 3 is 1.70 bits per heavy atom. The van der Waals surface area contributed by atoms with Crippen LogP contribution in [0.2, 0.25) is 0 Å². The fourth-order valence-electron chi connectivity index (χ4n) is 2.28. The first kappa shape index (κ1) is 17.1. The van der Waals surface area contributed by atoms with Gasteiger partial charge in [0.2, 0.25) is 0 Å². The summed E-state index contributed by atoms with van der Waals surface area (Å²) in [5.41, 5.74) is 2.22. The minimum absolute atomic E-state index is 0.170. The maximum absolute atomic E-state index is 6.28. The van der Waals surface area contributed by atoms with Crippen LogP contribution in [0.4, 0.5) is 0 Å². The normalized spacial score (nSPS) is 12.0. The number of amidine groups is 1. The Kier molecular flexibility index (Phi) is 6.21. The Balaban J connectivity index is 2.34. The van der Waals surface area contributed by atoms with Crippen LogP contribution >= 0.6 is 0 Å². The molecule has 1 N–H and O–H groups in total. The van der Waals surface area contributed by atoms with Crippen molar-refractivity contribution in [1.82, 2.24) is 5.32 Å². The quantitative estimate of drug-likeness (QED) is 0.649. The van der Waals surface area contributed by atoms with Crippen molar-refractivity contribution in [2.24, 2.45) is 4.99 Å². The van der Waals surface area contributed by atoms with E-state index in [-0.39, 0.29) is 18.2 Å². The zero-order valence-electron chi connectivity index (χ0n) is 14.4. The number of hydrogen-bond donors (Lipinski definition) is 1. The lowest BCUT2D eigenvalue weighted by molar-refractivity contribution is 0.216. The number of ether oxygens (including phenoxy) is 1. The van der Waals surface area contributed by atoms with Gasteiger partial charge in [-0.15, -0.1) is 0 Å². The number of hydrogen-bond acceptors (Lipinski definition) is 2. The monoisotopic (exact) mass is 310 g/mol.